The third kappa shape index (κ3) is 5.03. The average Bonchev–Trinajstić information content (AvgIpc) is 1.72. The van der Waals surface area contributed by atoms with Gasteiger partial charge in [-0.1, -0.05) is 0 Å². The van der Waals surface area contributed by atoms with Crippen molar-refractivity contribution in [3.8, 4) is 0 Å². The Morgan fingerprint density at radius 1 is 0.625 bits per heavy atom. The molecule has 4 heteroatoms. The third-order valence-electron chi connectivity index (χ3n) is 0.957. The van der Waals surface area contributed by atoms with Gasteiger partial charge >= 0.3 is 0 Å². The van der Waals surface area contributed by atoms with Crippen LogP contribution in [-0.4, -0.2) is 26.2 Å². The largest absolute Gasteiger partial charge is 0.314 e. The van der Waals surface area contributed by atoms with Gasteiger partial charge in [-0.3, -0.25) is 0 Å². The Balaban J connectivity index is 0. The van der Waals surface area contributed by atoms with E-state index in [0.29, 0.717) is 0 Å². The number of piperazine rings is 1. The van der Waals surface area contributed by atoms with E-state index in [4.69, 9.17) is 0 Å². The summed E-state index contributed by atoms with van der Waals surface area (Å²) in [4.78, 5) is 0. The minimum absolute atomic E-state index is 0. The molecule has 0 aliphatic carbocycles. The number of hydrogen-bond donors (Lipinski definition) is 2. The lowest BCUT2D eigenvalue weighted by molar-refractivity contribution is 0.534. The fraction of sp³-hybridized carbons (Fsp3) is 1.00. The van der Waals surface area contributed by atoms with Gasteiger partial charge in [0.15, 0.2) is 0 Å². The van der Waals surface area contributed by atoms with Gasteiger partial charge in [0, 0.05) is 26.2 Å². The first kappa shape index (κ1) is 11.6. The van der Waals surface area contributed by atoms with Crippen LogP contribution in [0.4, 0.5) is 0 Å². The highest BCUT2D eigenvalue weighted by Crippen LogP contribution is 1.65. The molecule has 1 fully saturated rings. The van der Waals surface area contributed by atoms with Crippen LogP contribution in [0, 0.1) is 0 Å². The Kier molecular flexibility index (Phi) is 11.5. The molecule has 1 heterocycles. The first-order chi connectivity index (χ1) is 3.00. The summed E-state index contributed by atoms with van der Waals surface area (Å²) in [6, 6.07) is 0. The molecular formula is C4H12Br2N2. The summed E-state index contributed by atoms with van der Waals surface area (Å²) in [6.07, 6.45) is 0. The van der Waals surface area contributed by atoms with E-state index < -0.39 is 0 Å². The monoisotopic (exact) mass is 246 g/mol. The van der Waals surface area contributed by atoms with Gasteiger partial charge in [-0.2, -0.15) is 0 Å². The fourth-order valence-electron chi connectivity index (χ4n) is 0.604. The van der Waals surface area contributed by atoms with Gasteiger partial charge in [-0.25, -0.2) is 0 Å². The quantitative estimate of drug-likeness (QED) is 0.645. The van der Waals surface area contributed by atoms with Crippen LogP contribution in [0.15, 0.2) is 0 Å². The van der Waals surface area contributed by atoms with E-state index in [-0.39, 0.29) is 34.0 Å². The lowest BCUT2D eigenvalue weighted by Gasteiger charge is -2.11. The first-order valence-electron chi connectivity index (χ1n) is 2.41. The van der Waals surface area contributed by atoms with Crippen LogP contribution in [0.1, 0.15) is 0 Å². The Morgan fingerprint density at radius 2 is 0.875 bits per heavy atom. The molecule has 1 saturated heterocycles. The Morgan fingerprint density at radius 3 is 1.00 bits per heavy atom. The lowest BCUT2D eigenvalue weighted by atomic mass is 10.4. The molecule has 0 saturated carbocycles. The van der Waals surface area contributed by atoms with Crippen molar-refractivity contribution in [2.45, 2.75) is 0 Å². The zero-order chi connectivity index (χ0) is 4.24. The van der Waals surface area contributed by atoms with Crippen LogP contribution < -0.4 is 10.6 Å². The van der Waals surface area contributed by atoms with Gasteiger partial charge in [0.25, 0.3) is 0 Å². The second-order valence-electron chi connectivity index (χ2n) is 1.50. The predicted molar refractivity (Wildman–Crippen MR) is 46.4 cm³/mol. The van der Waals surface area contributed by atoms with Gasteiger partial charge < -0.3 is 10.6 Å². The van der Waals surface area contributed by atoms with Crippen LogP contribution in [0.5, 0.6) is 0 Å². The second kappa shape index (κ2) is 7.88. The van der Waals surface area contributed by atoms with Crippen molar-refractivity contribution in [2.75, 3.05) is 26.2 Å². The zero-order valence-corrected chi connectivity index (χ0v) is 8.07. The van der Waals surface area contributed by atoms with E-state index in [1.54, 1.807) is 0 Å². The maximum atomic E-state index is 3.22. The first-order valence-corrected chi connectivity index (χ1v) is 2.41. The molecule has 0 amide bonds. The summed E-state index contributed by atoms with van der Waals surface area (Å²) < 4.78 is 0. The van der Waals surface area contributed by atoms with Crippen molar-refractivity contribution in [3.63, 3.8) is 0 Å². The molecule has 0 radical (unpaired) electrons. The fourth-order valence-corrected chi connectivity index (χ4v) is 0.604. The Bertz CT molecular complexity index is 27.5. The number of rotatable bonds is 0. The summed E-state index contributed by atoms with van der Waals surface area (Å²) >= 11 is 0. The molecule has 0 atom stereocenters. The molecule has 0 aromatic rings. The SMILES string of the molecule is Br.Br.C1CNCCN1. The molecule has 2 nitrogen and oxygen atoms in total. The highest BCUT2D eigenvalue weighted by Gasteiger charge is 1.91. The molecule has 0 spiro atoms. The van der Waals surface area contributed by atoms with Crippen molar-refractivity contribution in [3.05, 3.63) is 0 Å². The van der Waals surface area contributed by atoms with Crippen LogP contribution >= 0.6 is 34.0 Å². The number of nitrogens with one attached hydrogen (secondary N) is 2. The van der Waals surface area contributed by atoms with Crippen LogP contribution in [0.25, 0.3) is 0 Å². The van der Waals surface area contributed by atoms with Crippen molar-refractivity contribution in [1.82, 2.24) is 10.6 Å². The van der Waals surface area contributed by atoms with Crippen molar-refractivity contribution < 1.29 is 0 Å². The van der Waals surface area contributed by atoms with Gasteiger partial charge in [0.05, 0.1) is 0 Å². The van der Waals surface area contributed by atoms with E-state index >= 15 is 0 Å². The lowest BCUT2D eigenvalue weighted by Crippen LogP contribution is -2.39. The number of halogens is 2. The van der Waals surface area contributed by atoms with Gasteiger partial charge in [0.2, 0.25) is 0 Å². The summed E-state index contributed by atoms with van der Waals surface area (Å²) in [5.41, 5.74) is 0. The summed E-state index contributed by atoms with van der Waals surface area (Å²) in [5, 5.41) is 6.44. The smallest absolute Gasteiger partial charge is 0.00772 e. The molecule has 0 bridgehead atoms. The summed E-state index contributed by atoms with van der Waals surface area (Å²) in [5.74, 6) is 0. The Labute approximate surface area is 71.0 Å². The van der Waals surface area contributed by atoms with E-state index in [2.05, 4.69) is 10.6 Å². The topological polar surface area (TPSA) is 24.1 Å². The van der Waals surface area contributed by atoms with E-state index in [1.165, 1.54) is 0 Å². The maximum absolute atomic E-state index is 3.22. The van der Waals surface area contributed by atoms with Crippen molar-refractivity contribution in [1.29, 1.82) is 0 Å². The zero-order valence-electron chi connectivity index (χ0n) is 4.64. The standard InChI is InChI=1S/C4H10N2.2BrH/c1-2-6-4-3-5-1;;/h5-6H,1-4H2;2*1H. The van der Waals surface area contributed by atoms with E-state index in [1.807, 2.05) is 0 Å². The van der Waals surface area contributed by atoms with Crippen molar-refractivity contribution in [2.24, 2.45) is 0 Å². The van der Waals surface area contributed by atoms with E-state index in [0.717, 1.165) is 26.2 Å². The average molecular weight is 248 g/mol. The normalized spacial score (nSPS) is 18.0. The predicted octanol–water partition coefficient (Wildman–Crippen LogP) is 0.335. The van der Waals surface area contributed by atoms with Gasteiger partial charge in [-0.15, -0.1) is 34.0 Å². The second-order valence-corrected chi connectivity index (χ2v) is 1.50. The van der Waals surface area contributed by atoms with Crippen molar-refractivity contribution >= 4 is 34.0 Å². The molecule has 52 valence electrons. The Hall–Kier alpha value is 0.880. The summed E-state index contributed by atoms with van der Waals surface area (Å²) in [7, 11) is 0. The van der Waals surface area contributed by atoms with Gasteiger partial charge in [-0.05, 0) is 0 Å². The molecule has 1 rings (SSSR count). The number of hydrogen-bond acceptors (Lipinski definition) is 2. The minimum atomic E-state index is 0. The molecule has 1 aliphatic heterocycles. The highest BCUT2D eigenvalue weighted by atomic mass is 79.9. The van der Waals surface area contributed by atoms with Gasteiger partial charge in [0.1, 0.15) is 0 Å². The molecule has 0 aromatic heterocycles. The highest BCUT2D eigenvalue weighted by molar-refractivity contribution is 8.93. The molecular weight excluding hydrogens is 236 g/mol. The molecule has 2 N–H and O–H groups in total. The van der Waals surface area contributed by atoms with Crippen LogP contribution in [0.3, 0.4) is 0 Å². The molecule has 1 aliphatic rings. The molecule has 8 heavy (non-hydrogen) atoms. The molecule has 0 unspecified atom stereocenters. The maximum Gasteiger partial charge on any atom is 0.00772 e. The third-order valence-corrected chi connectivity index (χ3v) is 0.957. The van der Waals surface area contributed by atoms with E-state index in [9.17, 15) is 0 Å². The molecule has 0 aromatic carbocycles. The minimum Gasteiger partial charge on any atom is -0.314 e. The van der Waals surface area contributed by atoms with Crippen LogP contribution in [0.2, 0.25) is 0 Å². The summed E-state index contributed by atoms with van der Waals surface area (Å²) in [6.45, 7) is 4.56. The van der Waals surface area contributed by atoms with Crippen LogP contribution in [-0.2, 0) is 0 Å².